The molecule has 2 nitrogen and oxygen atoms in total. The van der Waals surface area contributed by atoms with Crippen molar-refractivity contribution in [2.75, 3.05) is 4.90 Å². The monoisotopic (exact) mass is 853 g/mol. The molecule has 0 saturated carbocycles. The zero-order valence-corrected chi connectivity index (χ0v) is 38.0. The molecule has 0 amide bonds. The van der Waals surface area contributed by atoms with E-state index < -0.39 is 0 Å². The molecule has 1 heterocycles. The van der Waals surface area contributed by atoms with Gasteiger partial charge in [0, 0.05) is 33.8 Å². The van der Waals surface area contributed by atoms with Crippen molar-refractivity contribution >= 4 is 11.3 Å². The zero-order valence-electron chi connectivity index (χ0n) is 38.0. The smallest absolute Gasteiger partial charge is 0.149 e. The van der Waals surface area contributed by atoms with Gasteiger partial charge in [-0.15, -0.1) is 0 Å². The lowest BCUT2D eigenvalue weighted by molar-refractivity contribution is 0.252. The van der Waals surface area contributed by atoms with Crippen LogP contribution in [-0.4, -0.2) is 6.10 Å². The Kier molecular flexibility index (Phi) is 9.18. The summed E-state index contributed by atoms with van der Waals surface area (Å²) in [7, 11) is 0. The highest BCUT2D eigenvalue weighted by Gasteiger charge is 2.52. The molecule has 0 saturated heterocycles. The molecule has 1 aliphatic heterocycles. The number of nitrogens with zero attached hydrogens (tertiary/aromatic N) is 1. The van der Waals surface area contributed by atoms with Gasteiger partial charge in [0.25, 0.3) is 0 Å². The molecule has 5 atom stereocenters. The van der Waals surface area contributed by atoms with Crippen molar-refractivity contribution < 1.29 is 4.74 Å². The average Bonchev–Trinajstić information content (AvgIpc) is 3.99. The van der Waals surface area contributed by atoms with E-state index in [1.807, 2.05) is 0 Å². The van der Waals surface area contributed by atoms with E-state index in [-0.39, 0.29) is 22.9 Å². The average molecular weight is 854 g/mol. The lowest BCUT2D eigenvalue weighted by atomic mass is 9.63. The molecule has 8 aliphatic rings. The van der Waals surface area contributed by atoms with E-state index in [2.05, 4.69) is 219 Å². The van der Waals surface area contributed by atoms with Crippen LogP contribution >= 0.6 is 0 Å². The highest BCUT2D eigenvalue weighted by molar-refractivity contribution is 5.94. The minimum Gasteiger partial charge on any atom is -0.482 e. The molecule has 5 aromatic rings. The van der Waals surface area contributed by atoms with Crippen LogP contribution in [0, 0.1) is 11.8 Å². The number of anilines is 1. The van der Waals surface area contributed by atoms with Crippen LogP contribution in [0.4, 0.5) is 5.69 Å². The molecular weight excluding hydrogens is 799 g/mol. The number of ether oxygens (including phenoxy) is 1. The molecule has 66 heavy (non-hydrogen) atoms. The molecular formula is C64H55NO. The largest absolute Gasteiger partial charge is 0.482 e. The SMILES string of the molecule is CC1(C)c2ccccc2-c2ccc(-c3ccc(N(C4=CCC(C5C=CC=CC5)C=C4)C4=CC=CC5c6ccc7c(c6OC45)C4=C(CCC=C4)C7(C4=CC=CCC4)c4ccccc4)cc3)cc21. The quantitative estimate of drug-likeness (QED) is 0.162. The van der Waals surface area contributed by atoms with Gasteiger partial charge in [0.2, 0.25) is 0 Å². The number of benzene rings is 5. The minimum atomic E-state index is -0.313. The second kappa shape index (κ2) is 15.3. The van der Waals surface area contributed by atoms with Crippen LogP contribution in [0.25, 0.3) is 27.8 Å². The van der Waals surface area contributed by atoms with Crippen LogP contribution in [0.15, 0.2) is 223 Å². The Hall–Kier alpha value is -6.90. The predicted octanol–water partition coefficient (Wildman–Crippen LogP) is 15.7. The molecule has 0 bridgehead atoms. The van der Waals surface area contributed by atoms with E-state index in [0.29, 0.717) is 11.8 Å². The minimum absolute atomic E-state index is 0.0462. The van der Waals surface area contributed by atoms with Crippen molar-refractivity contribution in [1.82, 2.24) is 0 Å². The van der Waals surface area contributed by atoms with Gasteiger partial charge in [-0.3, -0.25) is 0 Å². The normalized spacial score (nSPS) is 25.5. The Morgan fingerprint density at radius 2 is 1.44 bits per heavy atom. The number of rotatable bonds is 7. The van der Waals surface area contributed by atoms with Gasteiger partial charge in [0.15, 0.2) is 0 Å². The van der Waals surface area contributed by atoms with Crippen molar-refractivity contribution in [3.05, 3.63) is 256 Å². The number of hydrogen-bond acceptors (Lipinski definition) is 2. The maximum absolute atomic E-state index is 7.59. The highest BCUT2D eigenvalue weighted by Crippen LogP contribution is 2.63. The molecule has 0 N–H and O–H groups in total. The fourth-order valence-corrected chi connectivity index (χ4v) is 13.0. The first-order valence-electron chi connectivity index (χ1n) is 24.4. The van der Waals surface area contributed by atoms with Crippen molar-refractivity contribution in [3.63, 3.8) is 0 Å². The highest BCUT2D eigenvalue weighted by atomic mass is 16.5. The van der Waals surface area contributed by atoms with Crippen molar-refractivity contribution in [1.29, 1.82) is 0 Å². The van der Waals surface area contributed by atoms with Gasteiger partial charge in [-0.1, -0.05) is 189 Å². The van der Waals surface area contributed by atoms with Gasteiger partial charge in [-0.25, -0.2) is 0 Å². The number of fused-ring (bicyclic) bond motifs is 9. The van der Waals surface area contributed by atoms with Crippen LogP contribution in [0.5, 0.6) is 5.75 Å². The van der Waals surface area contributed by atoms with Crippen LogP contribution < -0.4 is 9.64 Å². The van der Waals surface area contributed by atoms with Crippen molar-refractivity contribution in [2.24, 2.45) is 11.8 Å². The van der Waals surface area contributed by atoms with Gasteiger partial charge in [-0.2, -0.15) is 0 Å². The maximum atomic E-state index is 7.59. The zero-order chi connectivity index (χ0) is 44.0. The van der Waals surface area contributed by atoms with Gasteiger partial charge in [0.05, 0.1) is 11.1 Å². The second-order valence-electron chi connectivity index (χ2n) is 20.0. The Morgan fingerprint density at radius 3 is 2.26 bits per heavy atom. The standard InChI is InChI=1S/C64H55NO/c1-63(2)55-26-14-12-23-50(55)51-38-33-45(41-58(51)63)44-31-36-49(37-32-44)65(48-34-29-43(30-35-48)42-17-6-3-7-18-42)59-28-16-25-52-53-39-40-57-60(62(53)66-61(52)59)54-24-13-15-27-56(54)64(57,46-19-8-4-9-20-46)47-21-10-5-11-22-47/h3-10,12-14,16-17,19-21,23-26,28-29,31-43,52,61H,11,15,18,22,27,30H2,1-2H3. The first kappa shape index (κ1) is 39.5. The topological polar surface area (TPSA) is 12.5 Å². The molecule has 2 heteroatoms. The Labute approximate surface area is 390 Å². The summed E-state index contributed by atoms with van der Waals surface area (Å²) in [6.07, 6.45) is 41.3. The fraction of sp³-hybridized carbons (Fsp3) is 0.219. The van der Waals surface area contributed by atoms with Gasteiger partial charge in [-0.05, 0) is 136 Å². The summed E-state index contributed by atoms with van der Waals surface area (Å²) >= 11 is 0. The van der Waals surface area contributed by atoms with E-state index in [1.165, 1.54) is 83.7 Å². The van der Waals surface area contributed by atoms with Crippen LogP contribution in [0.3, 0.4) is 0 Å². The Morgan fingerprint density at radius 1 is 0.621 bits per heavy atom. The summed E-state index contributed by atoms with van der Waals surface area (Å²) in [6.45, 7) is 4.73. The fourth-order valence-electron chi connectivity index (χ4n) is 13.0. The molecule has 0 fully saturated rings. The summed E-state index contributed by atoms with van der Waals surface area (Å²) in [5.41, 5.74) is 20.9. The first-order chi connectivity index (χ1) is 32.5. The van der Waals surface area contributed by atoms with Crippen LogP contribution in [0.1, 0.15) is 91.7 Å². The lowest BCUT2D eigenvalue weighted by Crippen LogP contribution is -2.35. The van der Waals surface area contributed by atoms with E-state index in [9.17, 15) is 0 Å². The molecule has 322 valence electrons. The first-order valence-corrected chi connectivity index (χ1v) is 24.4. The van der Waals surface area contributed by atoms with E-state index in [1.54, 1.807) is 0 Å². The lowest BCUT2D eigenvalue weighted by Gasteiger charge is -2.39. The maximum Gasteiger partial charge on any atom is 0.149 e. The molecule has 0 spiro atoms. The third kappa shape index (κ3) is 5.86. The summed E-state index contributed by atoms with van der Waals surface area (Å²) < 4.78 is 7.59. The molecule has 5 aromatic carbocycles. The summed E-state index contributed by atoms with van der Waals surface area (Å²) in [4.78, 5) is 2.50. The summed E-state index contributed by atoms with van der Waals surface area (Å²) in [6, 6.07) is 41.5. The van der Waals surface area contributed by atoms with E-state index in [4.69, 9.17) is 4.74 Å². The third-order valence-electron chi connectivity index (χ3n) is 16.2. The van der Waals surface area contributed by atoms with Gasteiger partial charge >= 0.3 is 0 Å². The van der Waals surface area contributed by atoms with E-state index in [0.717, 1.165) is 50.0 Å². The summed E-state index contributed by atoms with van der Waals surface area (Å²) in [5.74, 6) is 2.15. The number of allylic oxidation sites excluding steroid dienone is 17. The molecule has 13 rings (SSSR count). The Balaban J connectivity index is 0.898. The predicted molar refractivity (Wildman–Crippen MR) is 273 cm³/mol. The van der Waals surface area contributed by atoms with Crippen LogP contribution in [0.2, 0.25) is 0 Å². The van der Waals surface area contributed by atoms with Crippen LogP contribution in [-0.2, 0) is 10.8 Å². The number of hydrogen-bond donors (Lipinski definition) is 0. The van der Waals surface area contributed by atoms with Crippen molar-refractivity contribution in [3.8, 4) is 28.0 Å². The molecule has 0 radical (unpaired) electrons. The van der Waals surface area contributed by atoms with Crippen molar-refractivity contribution in [2.45, 2.75) is 75.2 Å². The van der Waals surface area contributed by atoms with Gasteiger partial charge in [0.1, 0.15) is 11.9 Å². The van der Waals surface area contributed by atoms with E-state index >= 15 is 0 Å². The summed E-state index contributed by atoms with van der Waals surface area (Å²) in [5, 5.41) is 0. The second-order valence-corrected chi connectivity index (χ2v) is 20.0. The molecule has 0 aromatic heterocycles. The Bertz CT molecular complexity index is 3150. The molecule has 7 aliphatic carbocycles. The third-order valence-corrected chi connectivity index (χ3v) is 16.2. The molecule has 5 unspecified atom stereocenters. The van der Waals surface area contributed by atoms with Gasteiger partial charge < -0.3 is 9.64 Å².